The van der Waals surface area contributed by atoms with Crippen LogP contribution in [0.4, 0.5) is 13.2 Å². The highest BCUT2D eigenvalue weighted by atomic mass is 19.4. The zero-order valence-electron chi connectivity index (χ0n) is 9.44. The van der Waals surface area contributed by atoms with Crippen LogP contribution in [0.25, 0.3) is 0 Å². The molecule has 0 saturated heterocycles. The second kappa shape index (κ2) is 5.86. The van der Waals surface area contributed by atoms with Crippen molar-refractivity contribution in [3.05, 3.63) is 35.4 Å². The highest BCUT2D eigenvalue weighted by Gasteiger charge is 2.30. The molecule has 0 aromatic heterocycles. The van der Waals surface area contributed by atoms with Crippen molar-refractivity contribution in [3.63, 3.8) is 0 Å². The lowest BCUT2D eigenvalue weighted by atomic mass is 10.0. The number of rotatable bonds is 5. The van der Waals surface area contributed by atoms with Crippen LogP contribution in [-0.2, 0) is 11.0 Å². The molecule has 0 aliphatic heterocycles. The first-order chi connectivity index (χ1) is 8.30. The number of carbonyl (C=O) groups is 1. The molecule has 3 nitrogen and oxygen atoms in total. The maximum Gasteiger partial charge on any atom is 0.416 e. The lowest BCUT2D eigenvalue weighted by Crippen LogP contribution is -2.07. The van der Waals surface area contributed by atoms with E-state index in [2.05, 4.69) is 0 Å². The molecule has 2 N–H and O–H groups in total. The van der Waals surface area contributed by atoms with Crippen molar-refractivity contribution in [2.75, 3.05) is 0 Å². The number of hydrogen-bond acceptors (Lipinski definition) is 2. The molecule has 1 rings (SSSR count). The quantitative estimate of drug-likeness (QED) is 0.857. The number of carboxylic acid groups (broad SMARTS) is 1. The molecule has 0 aliphatic carbocycles. The molecule has 0 amide bonds. The molecule has 1 aromatic carbocycles. The number of hydrogen-bond donors (Lipinski definition) is 2. The molecule has 1 atom stereocenters. The van der Waals surface area contributed by atoms with Crippen LogP contribution in [0.5, 0.6) is 0 Å². The van der Waals surface area contributed by atoms with Crippen molar-refractivity contribution in [2.45, 2.75) is 31.5 Å². The number of benzene rings is 1. The van der Waals surface area contributed by atoms with Crippen molar-refractivity contribution < 1.29 is 28.2 Å². The van der Waals surface area contributed by atoms with E-state index in [-0.39, 0.29) is 24.8 Å². The summed E-state index contributed by atoms with van der Waals surface area (Å²) >= 11 is 0. The molecule has 1 aromatic rings. The largest absolute Gasteiger partial charge is 0.481 e. The molecule has 0 radical (unpaired) electrons. The van der Waals surface area contributed by atoms with Crippen molar-refractivity contribution in [1.82, 2.24) is 0 Å². The van der Waals surface area contributed by atoms with Crippen LogP contribution in [0, 0.1) is 0 Å². The van der Waals surface area contributed by atoms with Gasteiger partial charge in [-0.2, -0.15) is 13.2 Å². The molecular weight excluding hydrogens is 249 g/mol. The Hall–Kier alpha value is -1.56. The van der Waals surface area contributed by atoms with Crippen molar-refractivity contribution in [3.8, 4) is 0 Å². The average molecular weight is 262 g/mol. The van der Waals surface area contributed by atoms with E-state index in [1.165, 1.54) is 12.1 Å². The van der Waals surface area contributed by atoms with E-state index in [0.717, 1.165) is 12.1 Å². The van der Waals surface area contributed by atoms with Gasteiger partial charge in [0.15, 0.2) is 0 Å². The summed E-state index contributed by atoms with van der Waals surface area (Å²) in [5.41, 5.74) is -0.674. The van der Waals surface area contributed by atoms with E-state index in [0.29, 0.717) is 0 Å². The summed E-state index contributed by atoms with van der Waals surface area (Å²) in [4.78, 5) is 10.3. The maximum atomic E-state index is 12.4. The topological polar surface area (TPSA) is 57.5 Å². The number of halogens is 3. The molecule has 0 saturated carbocycles. The van der Waals surface area contributed by atoms with Crippen molar-refractivity contribution in [1.29, 1.82) is 0 Å². The smallest absolute Gasteiger partial charge is 0.416 e. The Morgan fingerprint density at radius 2 is 2.00 bits per heavy atom. The molecule has 0 spiro atoms. The Morgan fingerprint density at radius 1 is 1.33 bits per heavy atom. The Kier molecular flexibility index (Phi) is 4.72. The fraction of sp³-hybridized carbons (Fsp3) is 0.417. The fourth-order valence-corrected chi connectivity index (χ4v) is 1.54. The van der Waals surface area contributed by atoms with Gasteiger partial charge in [0, 0.05) is 6.42 Å². The van der Waals surface area contributed by atoms with Gasteiger partial charge < -0.3 is 10.2 Å². The summed E-state index contributed by atoms with van der Waals surface area (Å²) < 4.78 is 37.3. The number of aliphatic hydroxyl groups is 1. The first-order valence-corrected chi connectivity index (χ1v) is 5.37. The highest BCUT2D eigenvalue weighted by molar-refractivity contribution is 5.66. The second-order valence-electron chi connectivity index (χ2n) is 3.92. The van der Waals surface area contributed by atoms with E-state index in [4.69, 9.17) is 5.11 Å². The fourth-order valence-electron chi connectivity index (χ4n) is 1.54. The van der Waals surface area contributed by atoms with Gasteiger partial charge in [-0.1, -0.05) is 12.1 Å². The highest BCUT2D eigenvalue weighted by Crippen LogP contribution is 2.31. The van der Waals surface area contributed by atoms with Crippen molar-refractivity contribution >= 4 is 5.97 Å². The summed E-state index contributed by atoms with van der Waals surface area (Å²) in [5, 5.41) is 18.1. The number of aliphatic carboxylic acids is 1. The minimum Gasteiger partial charge on any atom is -0.481 e. The Morgan fingerprint density at radius 3 is 2.56 bits per heavy atom. The summed E-state index contributed by atoms with van der Waals surface area (Å²) in [5.74, 6) is -0.994. The zero-order chi connectivity index (χ0) is 13.8. The third kappa shape index (κ3) is 4.37. The van der Waals surface area contributed by atoms with Crippen LogP contribution in [0.15, 0.2) is 24.3 Å². The average Bonchev–Trinajstić information content (AvgIpc) is 2.27. The maximum absolute atomic E-state index is 12.4. The second-order valence-corrected chi connectivity index (χ2v) is 3.92. The first kappa shape index (κ1) is 14.5. The van der Waals surface area contributed by atoms with Gasteiger partial charge in [0.2, 0.25) is 0 Å². The SMILES string of the molecule is O=C(O)CCCC(O)c1cccc(C(F)(F)F)c1. The lowest BCUT2D eigenvalue weighted by molar-refractivity contribution is -0.138. The number of alkyl halides is 3. The standard InChI is InChI=1S/C12H13F3O3/c13-12(14,15)9-4-1-3-8(7-9)10(16)5-2-6-11(17)18/h1,3-4,7,10,16H,2,5-6H2,(H,17,18). The number of carboxylic acids is 1. The van der Waals surface area contributed by atoms with Gasteiger partial charge in [0.1, 0.15) is 0 Å². The molecule has 100 valence electrons. The van der Waals surface area contributed by atoms with Gasteiger partial charge in [-0.15, -0.1) is 0 Å². The van der Waals surface area contributed by atoms with Crippen LogP contribution in [-0.4, -0.2) is 16.2 Å². The third-order valence-corrected chi connectivity index (χ3v) is 2.47. The molecule has 6 heteroatoms. The van der Waals surface area contributed by atoms with E-state index in [9.17, 15) is 23.1 Å². The molecule has 0 aliphatic rings. The minimum absolute atomic E-state index is 0.115. The Labute approximate surface area is 102 Å². The predicted octanol–water partition coefficient (Wildman–Crippen LogP) is 2.99. The van der Waals surface area contributed by atoms with Crippen LogP contribution in [0.2, 0.25) is 0 Å². The van der Waals surface area contributed by atoms with Crippen LogP contribution in [0.1, 0.15) is 36.5 Å². The van der Waals surface area contributed by atoms with E-state index in [1.807, 2.05) is 0 Å². The Balaban J connectivity index is 2.68. The van der Waals surface area contributed by atoms with Gasteiger partial charge in [-0.3, -0.25) is 4.79 Å². The van der Waals surface area contributed by atoms with Gasteiger partial charge in [0.25, 0.3) is 0 Å². The molecule has 1 unspecified atom stereocenters. The molecular formula is C12H13F3O3. The molecule has 0 fully saturated rings. The van der Waals surface area contributed by atoms with Crippen LogP contribution >= 0.6 is 0 Å². The first-order valence-electron chi connectivity index (χ1n) is 5.37. The molecule has 0 heterocycles. The lowest BCUT2D eigenvalue weighted by Gasteiger charge is -2.13. The molecule has 18 heavy (non-hydrogen) atoms. The van der Waals surface area contributed by atoms with Gasteiger partial charge in [0.05, 0.1) is 11.7 Å². The zero-order valence-corrected chi connectivity index (χ0v) is 9.44. The third-order valence-electron chi connectivity index (χ3n) is 2.47. The minimum atomic E-state index is -4.45. The summed E-state index contributed by atoms with van der Waals surface area (Å²) in [6.07, 6.45) is -5.31. The summed E-state index contributed by atoms with van der Waals surface area (Å²) in [6, 6.07) is 4.41. The van der Waals surface area contributed by atoms with E-state index < -0.39 is 23.8 Å². The van der Waals surface area contributed by atoms with Crippen molar-refractivity contribution in [2.24, 2.45) is 0 Å². The van der Waals surface area contributed by atoms with Gasteiger partial charge in [-0.25, -0.2) is 0 Å². The molecule has 0 bridgehead atoms. The summed E-state index contributed by atoms with van der Waals surface area (Å²) in [7, 11) is 0. The Bertz CT molecular complexity index is 415. The number of aliphatic hydroxyl groups excluding tert-OH is 1. The predicted molar refractivity (Wildman–Crippen MR) is 57.9 cm³/mol. The van der Waals surface area contributed by atoms with Gasteiger partial charge in [-0.05, 0) is 30.5 Å². The summed E-state index contributed by atoms with van der Waals surface area (Å²) in [6.45, 7) is 0. The van der Waals surface area contributed by atoms with Crippen LogP contribution < -0.4 is 0 Å². The van der Waals surface area contributed by atoms with Gasteiger partial charge >= 0.3 is 12.1 Å². The monoisotopic (exact) mass is 262 g/mol. The normalized spacial score (nSPS) is 13.3. The van der Waals surface area contributed by atoms with E-state index in [1.54, 1.807) is 0 Å². The van der Waals surface area contributed by atoms with E-state index >= 15 is 0 Å². The van der Waals surface area contributed by atoms with Crippen LogP contribution in [0.3, 0.4) is 0 Å².